The van der Waals surface area contributed by atoms with Gasteiger partial charge in [0, 0.05) is 6.54 Å². The Balaban J connectivity index is 0.000000630. The third-order valence-corrected chi connectivity index (χ3v) is 7.06. The van der Waals surface area contributed by atoms with Crippen LogP contribution in [0.4, 0.5) is 4.79 Å². The Bertz CT molecular complexity index is 1010. The van der Waals surface area contributed by atoms with Gasteiger partial charge in [-0.15, -0.1) is 0 Å². The van der Waals surface area contributed by atoms with Crippen LogP contribution >= 0.6 is 0 Å². The zero-order valence-electron chi connectivity index (χ0n) is 23.2. The molecule has 0 spiro atoms. The van der Waals surface area contributed by atoms with E-state index in [4.69, 9.17) is 14.0 Å². The molecule has 1 amide bonds. The van der Waals surface area contributed by atoms with Gasteiger partial charge in [0.15, 0.2) is 0 Å². The SMILES string of the molecule is Cc1ccc(CN([C]2[CH][CH][CH][CH]2)C(=O)OCc2ccc(B3OC(C)(C)C(C)(C)O3)cc2)cc1.[CH]1[CH][CH][CH][CH]1.[Fe+2]. The first kappa shape index (κ1) is 31.7. The van der Waals surface area contributed by atoms with Crippen molar-refractivity contribution in [1.82, 2.24) is 4.90 Å². The average molecular weight is 565 g/mol. The average Bonchev–Trinajstić information content (AvgIpc) is 3.67. The van der Waals surface area contributed by atoms with Crippen molar-refractivity contribution in [1.29, 1.82) is 0 Å². The van der Waals surface area contributed by atoms with E-state index in [1.165, 1.54) is 5.56 Å². The molecule has 0 unspecified atom stereocenters. The molecule has 1 heterocycles. The van der Waals surface area contributed by atoms with Gasteiger partial charge in [0.2, 0.25) is 0 Å². The van der Waals surface area contributed by atoms with Crippen molar-refractivity contribution in [3.63, 3.8) is 0 Å². The molecule has 39 heavy (non-hydrogen) atoms. The number of rotatable bonds is 6. The van der Waals surface area contributed by atoms with Crippen LogP contribution < -0.4 is 5.46 Å². The van der Waals surface area contributed by atoms with Gasteiger partial charge in [0.05, 0.1) is 17.2 Å². The van der Waals surface area contributed by atoms with Gasteiger partial charge < -0.3 is 14.0 Å². The second-order valence-corrected chi connectivity index (χ2v) is 10.6. The van der Waals surface area contributed by atoms with E-state index in [9.17, 15) is 4.79 Å². The van der Waals surface area contributed by atoms with Gasteiger partial charge in [-0.3, -0.25) is 4.90 Å². The van der Waals surface area contributed by atoms with Gasteiger partial charge in [0.25, 0.3) is 0 Å². The van der Waals surface area contributed by atoms with E-state index >= 15 is 0 Å². The number of amides is 1. The first-order chi connectivity index (χ1) is 18.1. The van der Waals surface area contributed by atoms with Crippen molar-refractivity contribution < 1.29 is 35.9 Å². The fourth-order valence-electron chi connectivity index (χ4n) is 3.97. The summed E-state index contributed by atoms with van der Waals surface area (Å²) in [6, 6.07) is 16.8. The molecule has 2 aromatic carbocycles. The first-order valence-electron chi connectivity index (χ1n) is 13.0. The zero-order valence-corrected chi connectivity index (χ0v) is 24.3. The van der Waals surface area contributed by atoms with Crippen LogP contribution in [0.15, 0.2) is 48.5 Å². The molecule has 3 fully saturated rings. The van der Waals surface area contributed by atoms with E-state index in [2.05, 4.69) is 0 Å². The molecule has 2 aliphatic carbocycles. The first-order valence-corrected chi connectivity index (χ1v) is 13.0. The monoisotopic (exact) mass is 565 g/mol. The molecule has 1 aliphatic heterocycles. The fraction of sp³-hybridized carbons (Fsp3) is 0.281. The van der Waals surface area contributed by atoms with Crippen molar-refractivity contribution in [2.75, 3.05) is 0 Å². The number of carbonyl (C=O) groups is 1. The summed E-state index contributed by atoms with van der Waals surface area (Å²) in [5.74, 6) is 0. The molecule has 7 heteroatoms. The summed E-state index contributed by atoms with van der Waals surface area (Å²) in [5.41, 5.74) is 3.32. The number of ether oxygens (including phenoxy) is 1. The Labute approximate surface area is 247 Å². The quantitative estimate of drug-likeness (QED) is 0.415. The minimum Gasteiger partial charge on any atom is -0.445 e. The molecule has 1 saturated heterocycles. The normalized spacial score (nSPS) is 19.7. The summed E-state index contributed by atoms with van der Waals surface area (Å²) < 4.78 is 17.9. The number of benzene rings is 2. The van der Waals surface area contributed by atoms with Gasteiger partial charge in [-0.25, -0.2) is 4.79 Å². The molecule has 0 bridgehead atoms. The van der Waals surface area contributed by atoms with Crippen LogP contribution in [0.1, 0.15) is 44.4 Å². The van der Waals surface area contributed by atoms with Crippen LogP contribution in [0.25, 0.3) is 0 Å². The van der Waals surface area contributed by atoms with Crippen molar-refractivity contribution in [2.24, 2.45) is 0 Å². The molecule has 0 N–H and O–H groups in total. The molecule has 0 aromatic heterocycles. The predicted molar refractivity (Wildman–Crippen MR) is 151 cm³/mol. The Morgan fingerprint density at radius 2 is 1.26 bits per heavy atom. The summed E-state index contributed by atoms with van der Waals surface area (Å²) in [4.78, 5) is 14.6. The Kier molecular flexibility index (Phi) is 11.6. The fourth-order valence-corrected chi connectivity index (χ4v) is 3.97. The summed E-state index contributed by atoms with van der Waals surface area (Å²) in [6.45, 7) is 10.8. The molecular formula is C32H36BFeNO4+2. The molecule has 2 aromatic rings. The third-order valence-electron chi connectivity index (χ3n) is 7.06. The molecule has 2 saturated carbocycles. The zero-order chi connectivity index (χ0) is 27.2. The van der Waals surface area contributed by atoms with Gasteiger partial charge >= 0.3 is 30.3 Å². The standard InChI is InChI=1S/C27H31BNO4.C5H5.Fe/c1-20-10-12-21(13-11-20)18-29(24-8-6-7-9-24)25(30)31-19-22-14-16-23(17-15-22)28-32-26(2,3)27(4,5)33-28;1-2-4-5-3-1;/h6-17H,18-19H2,1-5H3;1-5H;/q;;+2. The molecule has 202 valence electrons. The van der Waals surface area contributed by atoms with Gasteiger partial charge in [-0.2, -0.15) is 0 Å². The van der Waals surface area contributed by atoms with Crippen molar-refractivity contribution in [2.45, 2.75) is 59.0 Å². The third kappa shape index (κ3) is 8.60. The molecular weight excluding hydrogens is 529 g/mol. The van der Waals surface area contributed by atoms with E-state index in [0.29, 0.717) is 6.54 Å². The maximum Gasteiger partial charge on any atom is 2.00 e. The molecule has 5 rings (SSSR count). The second kappa shape index (κ2) is 14.2. The maximum atomic E-state index is 13.0. The Morgan fingerprint density at radius 3 is 1.77 bits per heavy atom. The topological polar surface area (TPSA) is 48.0 Å². The van der Waals surface area contributed by atoms with Crippen LogP contribution in [0.2, 0.25) is 0 Å². The van der Waals surface area contributed by atoms with Crippen molar-refractivity contribution >= 4 is 18.7 Å². The van der Waals surface area contributed by atoms with Crippen LogP contribution in [0.3, 0.4) is 0 Å². The molecule has 3 aliphatic rings. The number of hydrogen-bond donors (Lipinski definition) is 0. The largest absolute Gasteiger partial charge is 2.00 e. The number of aryl methyl sites for hydroxylation is 1. The van der Waals surface area contributed by atoms with Gasteiger partial charge in [-0.05, 0) is 109 Å². The van der Waals surface area contributed by atoms with Crippen molar-refractivity contribution in [3.05, 3.63) is 129 Å². The van der Waals surface area contributed by atoms with Crippen LogP contribution in [0, 0.1) is 70.8 Å². The van der Waals surface area contributed by atoms with E-state index in [1.54, 1.807) is 4.90 Å². The minimum atomic E-state index is -0.408. The number of hydrogen-bond acceptors (Lipinski definition) is 4. The predicted octanol–water partition coefficient (Wildman–Crippen LogP) is 5.81. The molecule has 5 nitrogen and oxygen atoms in total. The van der Waals surface area contributed by atoms with Crippen LogP contribution in [-0.4, -0.2) is 29.3 Å². The van der Waals surface area contributed by atoms with E-state index in [-0.39, 0.29) is 41.0 Å². The van der Waals surface area contributed by atoms with Crippen molar-refractivity contribution in [3.8, 4) is 0 Å². The number of nitrogens with zero attached hydrogens (tertiary/aromatic N) is 1. The Morgan fingerprint density at radius 1 is 0.769 bits per heavy atom. The molecule has 0 atom stereocenters. The van der Waals surface area contributed by atoms with Crippen LogP contribution in [0.5, 0.6) is 0 Å². The summed E-state index contributed by atoms with van der Waals surface area (Å²) >= 11 is 0. The van der Waals surface area contributed by atoms with E-state index in [1.807, 2.05) is 141 Å². The summed E-state index contributed by atoms with van der Waals surface area (Å²) in [7, 11) is -0.408. The number of carbonyl (C=O) groups excluding carboxylic acids is 1. The summed E-state index contributed by atoms with van der Waals surface area (Å²) in [6.07, 6.45) is 17.3. The Hall–Kier alpha value is -1.79. The van der Waals surface area contributed by atoms with E-state index < -0.39 is 7.12 Å². The van der Waals surface area contributed by atoms with Gasteiger partial charge in [-0.1, -0.05) is 54.1 Å². The van der Waals surface area contributed by atoms with Crippen LogP contribution in [-0.2, 0) is 44.3 Å². The molecule has 10 radical (unpaired) electrons. The second-order valence-electron chi connectivity index (χ2n) is 10.6. The smallest absolute Gasteiger partial charge is 0.445 e. The van der Waals surface area contributed by atoms with Gasteiger partial charge in [0.1, 0.15) is 6.61 Å². The van der Waals surface area contributed by atoms with E-state index in [0.717, 1.165) is 22.6 Å². The maximum absolute atomic E-state index is 13.0. The minimum absolute atomic E-state index is 0. The summed E-state index contributed by atoms with van der Waals surface area (Å²) in [5, 5.41) is 0.